The summed E-state index contributed by atoms with van der Waals surface area (Å²) in [4.78, 5) is 23.2. The molecule has 36 heavy (non-hydrogen) atoms. The van der Waals surface area contributed by atoms with Crippen molar-refractivity contribution in [1.29, 1.82) is 0 Å². The number of aryl methyl sites for hydroxylation is 1. The summed E-state index contributed by atoms with van der Waals surface area (Å²) in [5, 5.41) is 11.9. The number of alkyl halides is 2. The predicted molar refractivity (Wildman–Crippen MR) is 120 cm³/mol. The second-order valence-electron chi connectivity index (χ2n) is 8.74. The molecular weight excluding hydrogens is 506 g/mol. The second-order valence-corrected chi connectivity index (χ2v) is 10.6. The van der Waals surface area contributed by atoms with Gasteiger partial charge in [-0.15, -0.1) is 5.10 Å². The highest BCUT2D eigenvalue weighted by Crippen LogP contribution is 2.42. The Morgan fingerprint density at radius 3 is 2.64 bits per heavy atom. The van der Waals surface area contributed by atoms with E-state index < -0.39 is 51.6 Å². The van der Waals surface area contributed by atoms with E-state index in [0.717, 1.165) is 10.5 Å². The number of sulfonamides is 1. The monoisotopic (exact) mass is 528 g/mol. The quantitative estimate of drug-likeness (QED) is 0.507. The van der Waals surface area contributed by atoms with Gasteiger partial charge in [0, 0.05) is 5.69 Å². The van der Waals surface area contributed by atoms with Crippen molar-refractivity contribution in [1.82, 2.24) is 20.0 Å². The van der Waals surface area contributed by atoms with Crippen molar-refractivity contribution in [2.75, 3.05) is 16.2 Å². The zero-order chi connectivity index (χ0) is 26.4. The number of halogens is 2. The first-order valence-corrected chi connectivity index (χ1v) is 11.9. The van der Waals surface area contributed by atoms with Gasteiger partial charge in [-0.2, -0.15) is 13.9 Å². The Hall–Kier alpha value is -3.95. The number of nitrogens with zero attached hydrogens (tertiary/aromatic N) is 4. The van der Waals surface area contributed by atoms with Gasteiger partial charge in [0.15, 0.2) is 6.10 Å². The van der Waals surface area contributed by atoms with Crippen LogP contribution in [0.2, 0.25) is 0 Å². The van der Waals surface area contributed by atoms with E-state index in [2.05, 4.69) is 20.6 Å². The van der Waals surface area contributed by atoms with Crippen molar-refractivity contribution < 1.29 is 35.9 Å². The molecule has 0 saturated heterocycles. The van der Waals surface area contributed by atoms with Crippen LogP contribution in [0.15, 0.2) is 38.5 Å². The number of H-pyrrole nitrogens is 1. The van der Waals surface area contributed by atoms with Crippen molar-refractivity contribution in [3.8, 4) is 5.75 Å². The molecule has 0 aliphatic carbocycles. The van der Waals surface area contributed by atoms with Crippen LogP contribution in [0.1, 0.15) is 45.0 Å². The van der Waals surface area contributed by atoms with Crippen LogP contribution in [0.3, 0.4) is 0 Å². The topological polar surface area (TPSA) is 162 Å². The lowest BCUT2D eigenvalue weighted by atomic mass is 10.2. The molecule has 0 saturated carbocycles. The smallest absolute Gasteiger partial charge is 0.434 e. The SMILES string of the molecule is Cc1nn(C(F)F)cc1S(=O)(=O)N1CC(c2n[nH]c(=O)o2)Oc2ccc(NC(=O)OC(C)(C)C)cc21. The molecule has 1 amide bonds. The summed E-state index contributed by atoms with van der Waals surface area (Å²) in [6.07, 6.45) is -1.21. The predicted octanol–water partition coefficient (Wildman–Crippen LogP) is 2.94. The number of nitrogens with one attached hydrogen (secondary N) is 2. The van der Waals surface area contributed by atoms with E-state index in [4.69, 9.17) is 13.9 Å². The molecule has 0 spiro atoms. The van der Waals surface area contributed by atoms with E-state index >= 15 is 0 Å². The van der Waals surface area contributed by atoms with Crippen LogP contribution in [-0.2, 0) is 14.8 Å². The molecule has 194 valence electrons. The summed E-state index contributed by atoms with van der Waals surface area (Å²) in [7, 11) is -4.49. The third kappa shape index (κ3) is 5.02. The summed E-state index contributed by atoms with van der Waals surface area (Å²) in [5.74, 6) is -1.06. The van der Waals surface area contributed by atoms with Crippen LogP contribution in [0.5, 0.6) is 5.75 Å². The Morgan fingerprint density at radius 2 is 2.06 bits per heavy atom. The lowest BCUT2D eigenvalue weighted by Crippen LogP contribution is -2.40. The Labute approximate surface area is 203 Å². The molecule has 2 N–H and O–H groups in total. The molecule has 16 heteroatoms. The number of carbonyl (C=O) groups excluding carboxylic acids is 1. The number of anilines is 2. The maximum atomic E-state index is 13.6. The Bertz CT molecular complexity index is 1460. The van der Waals surface area contributed by atoms with Crippen LogP contribution in [0.4, 0.5) is 25.0 Å². The molecule has 1 unspecified atom stereocenters. The number of hydrogen-bond acceptors (Lipinski definition) is 9. The number of aromatic amines is 1. The lowest BCUT2D eigenvalue weighted by Gasteiger charge is -2.34. The first-order chi connectivity index (χ1) is 16.7. The van der Waals surface area contributed by atoms with Gasteiger partial charge in [-0.3, -0.25) is 9.62 Å². The van der Waals surface area contributed by atoms with Crippen LogP contribution in [-0.4, -0.2) is 46.6 Å². The number of hydrogen-bond donors (Lipinski definition) is 2. The Kier molecular flexibility index (Phi) is 6.24. The highest BCUT2D eigenvalue weighted by Gasteiger charge is 2.39. The third-order valence-electron chi connectivity index (χ3n) is 4.84. The zero-order valence-corrected chi connectivity index (χ0v) is 20.3. The number of rotatable bonds is 5. The largest absolute Gasteiger partial charge is 0.476 e. The molecule has 0 fully saturated rings. The van der Waals surface area contributed by atoms with E-state index in [1.807, 2.05) is 0 Å². The number of aromatic nitrogens is 4. The molecule has 4 rings (SSSR count). The van der Waals surface area contributed by atoms with E-state index in [-0.39, 0.29) is 33.4 Å². The number of ether oxygens (including phenoxy) is 2. The zero-order valence-electron chi connectivity index (χ0n) is 19.5. The van der Waals surface area contributed by atoms with Crippen LogP contribution < -0.4 is 20.1 Å². The van der Waals surface area contributed by atoms with Crippen LogP contribution in [0, 0.1) is 6.92 Å². The van der Waals surface area contributed by atoms with Gasteiger partial charge in [-0.05, 0) is 45.9 Å². The molecule has 2 aromatic heterocycles. The van der Waals surface area contributed by atoms with Gasteiger partial charge in [-0.25, -0.2) is 27.8 Å². The molecule has 1 aliphatic rings. The molecule has 0 radical (unpaired) electrons. The van der Waals surface area contributed by atoms with E-state index in [1.54, 1.807) is 20.8 Å². The van der Waals surface area contributed by atoms with Crippen LogP contribution in [0.25, 0.3) is 0 Å². The molecule has 1 aliphatic heterocycles. The van der Waals surface area contributed by atoms with Crippen molar-refractivity contribution >= 4 is 27.5 Å². The lowest BCUT2D eigenvalue weighted by molar-refractivity contribution is 0.0560. The van der Waals surface area contributed by atoms with Gasteiger partial charge < -0.3 is 13.9 Å². The maximum absolute atomic E-state index is 13.6. The molecule has 3 heterocycles. The fraction of sp³-hybridized carbons (Fsp3) is 0.400. The molecule has 1 atom stereocenters. The van der Waals surface area contributed by atoms with Gasteiger partial charge in [0.05, 0.1) is 24.1 Å². The van der Waals surface area contributed by atoms with Gasteiger partial charge in [0.1, 0.15) is 16.2 Å². The molecule has 13 nitrogen and oxygen atoms in total. The normalized spacial score (nSPS) is 16.0. The third-order valence-corrected chi connectivity index (χ3v) is 6.73. The van der Waals surface area contributed by atoms with Crippen molar-refractivity contribution in [3.63, 3.8) is 0 Å². The van der Waals surface area contributed by atoms with E-state index in [1.165, 1.54) is 25.1 Å². The minimum Gasteiger partial charge on any atom is -0.476 e. The van der Waals surface area contributed by atoms with Gasteiger partial charge in [0.2, 0.25) is 0 Å². The fourth-order valence-corrected chi connectivity index (χ4v) is 5.05. The second kappa shape index (κ2) is 8.92. The first-order valence-electron chi connectivity index (χ1n) is 10.5. The maximum Gasteiger partial charge on any atom is 0.434 e. The van der Waals surface area contributed by atoms with E-state index in [0.29, 0.717) is 0 Å². The molecule has 0 bridgehead atoms. The number of fused-ring (bicyclic) bond motifs is 1. The molecule has 3 aromatic rings. The molecular formula is C20H22F2N6O7S. The van der Waals surface area contributed by atoms with Gasteiger partial charge in [0.25, 0.3) is 15.9 Å². The molecule has 1 aromatic carbocycles. The van der Waals surface area contributed by atoms with Crippen molar-refractivity contribution in [2.45, 2.75) is 50.8 Å². The van der Waals surface area contributed by atoms with Crippen LogP contribution >= 0.6 is 0 Å². The van der Waals surface area contributed by atoms with Gasteiger partial charge >= 0.3 is 18.4 Å². The Morgan fingerprint density at radius 1 is 1.33 bits per heavy atom. The summed E-state index contributed by atoms with van der Waals surface area (Å²) < 4.78 is 70.7. The average Bonchev–Trinajstić information content (AvgIpc) is 3.37. The fourth-order valence-electron chi connectivity index (χ4n) is 3.42. The summed E-state index contributed by atoms with van der Waals surface area (Å²) in [6, 6.07) is 4.15. The highest BCUT2D eigenvalue weighted by atomic mass is 32.2. The summed E-state index contributed by atoms with van der Waals surface area (Å²) >= 11 is 0. The standard InChI is InChI=1S/C20H22F2N6O7S/c1-10-15(9-27(26-10)17(21)22)36(31,32)28-8-14(16-24-25-19(30)34-16)33-13-6-5-11(7-12(13)28)23-18(29)35-20(2,3)4/h5-7,9,14,17H,8H2,1-4H3,(H,23,29)(H,25,30). The number of benzene rings is 1. The van der Waals surface area contributed by atoms with E-state index in [9.17, 15) is 26.8 Å². The Balaban J connectivity index is 1.77. The first kappa shape index (κ1) is 25.2. The average molecular weight is 528 g/mol. The highest BCUT2D eigenvalue weighted by molar-refractivity contribution is 7.92. The van der Waals surface area contributed by atoms with Gasteiger partial charge in [-0.1, -0.05) is 0 Å². The summed E-state index contributed by atoms with van der Waals surface area (Å²) in [5.41, 5.74) is -0.771. The van der Waals surface area contributed by atoms with Crippen molar-refractivity contribution in [2.24, 2.45) is 0 Å². The minimum atomic E-state index is -4.49. The summed E-state index contributed by atoms with van der Waals surface area (Å²) in [6.45, 7) is 2.82. The minimum absolute atomic E-state index is 0.0121. The number of amides is 1. The van der Waals surface area contributed by atoms with Crippen molar-refractivity contribution in [3.05, 3.63) is 46.5 Å². The number of carbonyl (C=O) groups is 1.